The number of hydrogen-bond acceptors (Lipinski definition) is 2. The second kappa shape index (κ2) is 12.9. The molecule has 0 saturated carbocycles. The molecule has 39 heavy (non-hydrogen) atoms. The third-order valence-corrected chi connectivity index (χ3v) is 7.13. The Balaban J connectivity index is 1.65. The zero-order chi connectivity index (χ0) is 28.7. The van der Waals surface area contributed by atoms with Gasteiger partial charge in [-0.3, -0.25) is 4.79 Å². The Bertz CT molecular complexity index is 1350. The van der Waals surface area contributed by atoms with Crippen LogP contribution >= 0.6 is 0 Å². The average Bonchev–Trinajstić information content (AvgIpc) is 3.38. The molecular formula is C31H35F4N3O. The van der Waals surface area contributed by atoms with E-state index < -0.39 is 34.9 Å². The van der Waals surface area contributed by atoms with Crippen molar-refractivity contribution in [3.63, 3.8) is 0 Å². The van der Waals surface area contributed by atoms with Gasteiger partial charge >= 0.3 is 0 Å². The molecule has 1 aromatic heterocycles. The zero-order valence-corrected chi connectivity index (χ0v) is 23.0. The SMILES string of the molecule is CC1=C(/C=C/C(C)=C/C=C/C(C)=C/C(=O)Nc2c(F)cc(F)c(F)c2F)C(C)(C)CCC1CCn1ccnc1. The van der Waals surface area contributed by atoms with Gasteiger partial charge in [0.25, 0.3) is 0 Å². The largest absolute Gasteiger partial charge is 0.337 e. The van der Waals surface area contributed by atoms with Crippen LogP contribution in [-0.2, 0) is 11.3 Å². The number of hydrogen-bond donors (Lipinski definition) is 1. The predicted molar refractivity (Wildman–Crippen MR) is 147 cm³/mol. The van der Waals surface area contributed by atoms with Gasteiger partial charge in [-0.05, 0) is 62.5 Å². The number of carbonyl (C=O) groups excluding carboxylic acids is 1. The first-order valence-electron chi connectivity index (χ1n) is 12.9. The predicted octanol–water partition coefficient (Wildman–Crippen LogP) is 8.23. The highest BCUT2D eigenvalue weighted by Crippen LogP contribution is 2.44. The number of amides is 1. The van der Waals surface area contributed by atoms with Crippen LogP contribution < -0.4 is 5.32 Å². The lowest BCUT2D eigenvalue weighted by Gasteiger charge is -2.37. The van der Waals surface area contributed by atoms with E-state index in [9.17, 15) is 22.4 Å². The minimum absolute atomic E-state index is 0.0846. The molecule has 3 rings (SSSR count). The summed E-state index contributed by atoms with van der Waals surface area (Å²) < 4.78 is 56.1. The van der Waals surface area contributed by atoms with E-state index in [2.05, 4.69) is 42.5 Å². The van der Waals surface area contributed by atoms with E-state index in [0.717, 1.165) is 37.5 Å². The van der Waals surface area contributed by atoms with Crippen LogP contribution in [0.25, 0.3) is 0 Å². The molecular weight excluding hydrogens is 506 g/mol. The van der Waals surface area contributed by atoms with Crippen molar-refractivity contribution in [1.82, 2.24) is 9.55 Å². The van der Waals surface area contributed by atoms with Crippen molar-refractivity contribution in [2.75, 3.05) is 5.32 Å². The summed E-state index contributed by atoms with van der Waals surface area (Å²) in [6.07, 6.45) is 19.7. The Kier molecular flexibility index (Phi) is 9.89. The molecule has 0 spiro atoms. The first kappa shape index (κ1) is 29.9. The quantitative estimate of drug-likeness (QED) is 0.114. The molecule has 208 valence electrons. The molecule has 1 atom stereocenters. The molecule has 1 heterocycles. The van der Waals surface area contributed by atoms with Crippen molar-refractivity contribution in [2.24, 2.45) is 11.3 Å². The van der Waals surface area contributed by atoms with Crippen LogP contribution in [0.2, 0.25) is 0 Å². The van der Waals surface area contributed by atoms with Crippen LogP contribution in [0.5, 0.6) is 0 Å². The van der Waals surface area contributed by atoms with E-state index in [1.54, 1.807) is 25.3 Å². The van der Waals surface area contributed by atoms with Gasteiger partial charge in [-0.1, -0.05) is 55.4 Å². The number of aryl methyl sites for hydroxylation is 1. The number of anilines is 1. The third-order valence-electron chi connectivity index (χ3n) is 7.13. The standard InChI is InChI=1S/C31H35F4N3O/c1-20(7-6-8-21(2)17-27(39)37-30-26(33)18-25(32)28(34)29(30)35)9-10-24-22(3)23(11-13-31(24,4)5)12-15-38-16-14-36-19-38/h6-10,14,16-19,23H,11-13,15H2,1-5H3,(H,37,39)/b8-6+,10-9+,20-7+,21-17+. The van der Waals surface area contributed by atoms with Crippen molar-refractivity contribution in [2.45, 2.75) is 60.4 Å². The molecule has 0 saturated heterocycles. The lowest BCUT2D eigenvalue weighted by molar-refractivity contribution is -0.112. The van der Waals surface area contributed by atoms with E-state index in [1.165, 1.54) is 11.1 Å². The topological polar surface area (TPSA) is 46.9 Å². The van der Waals surface area contributed by atoms with Gasteiger partial charge in [-0.25, -0.2) is 22.5 Å². The van der Waals surface area contributed by atoms with Gasteiger partial charge in [0, 0.05) is 31.1 Å². The first-order valence-corrected chi connectivity index (χ1v) is 12.9. The molecule has 4 nitrogen and oxygen atoms in total. The fourth-order valence-electron chi connectivity index (χ4n) is 4.80. The molecule has 1 amide bonds. The Hall–Kier alpha value is -3.68. The van der Waals surface area contributed by atoms with Gasteiger partial charge in [0.15, 0.2) is 23.3 Å². The zero-order valence-electron chi connectivity index (χ0n) is 23.0. The molecule has 1 aromatic carbocycles. The number of nitrogens with zero attached hydrogens (tertiary/aromatic N) is 2. The number of rotatable bonds is 9. The van der Waals surface area contributed by atoms with Crippen molar-refractivity contribution in [3.05, 3.63) is 107 Å². The summed E-state index contributed by atoms with van der Waals surface area (Å²) in [6.45, 7) is 11.3. The van der Waals surface area contributed by atoms with Crippen LogP contribution in [0.1, 0.15) is 53.9 Å². The number of aromatic nitrogens is 2. The maximum Gasteiger partial charge on any atom is 0.248 e. The van der Waals surface area contributed by atoms with E-state index in [0.29, 0.717) is 11.5 Å². The summed E-state index contributed by atoms with van der Waals surface area (Å²) in [7, 11) is 0. The van der Waals surface area contributed by atoms with Crippen LogP contribution in [0.4, 0.5) is 23.2 Å². The lowest BCUT2D eigenvalue weighted by Crippen LogP contribution is -2.25. The molecule has 1 unspecified atom stereocenters. The van der Waals surface area contributed by atoms with Gasteiger partial charge in [0.2, 0.25) is 5.91 Å². The highest BCUT2D eigenvalue weighted by Gasteiger charge is 2.31. The number of imidazole rings is 1. The molecule has 1 N–H and O–H groups in total. The van der Waals surface area contributed by atoms with Gasteiger partial charge in [-0.2, -0.15) is 0 Å². The average molecular weight is 542 g/mol. The Morgan fingerprint density at radius 1 is 1.13 bits per heavy atom. The van der Waals surface area contributed by atoms with E-state index >= 15 is 0 Å². The minimum Gasteiger partial charge on any atom is -0.337 e. The van der Waals surface area contributed by atoms with Crippen molar-refractivity contribution in [1.29, 1.82) is 0 Å². The second-order valence-corrected chi connectivity index (χ2v) is 10.6. The van der Waals surface area contributed by atoms with Crippen LogP contribution in [0.3, 0.4) is 0 Å². The molecule has 0 radical (unpaired) electrons. The second-order valence-electron chi connectivity index (χ2n) is 10.6. The molecule has 1 aliphatic rings. The maximum absolute atomic E-state index is 13.8. The fourth-order valence-corrected chi connectivity index (χ4v) is 4.80. The summed E-state index contributed by atoms with van der Waals surface area (Å²) >= 11 is 0. The highest BCUT2D eigenvalue weighted by atomic mass is 19.2. The number of carbonyl (C=O) groups is 1. The molecule has 2 aromatic rings. The Morgan fingerprint density at radius 2 is 1.87 bits per heavy atom. The van der Waals surface area contributed by atoms with Gasteiger partial charge < -0.3 is 9.88 Å². The Morgan fingerprint density at radius 3 is 2.56 bits per heavy atom. The summed E-state index contributed by atoms with van der Waals surface area (Å²) in [5.41, 5.74) is 3.33. The van der Waals surface area contributed by atoms with Gasteiger partial charge in [-0.15, -0.1) is 0 Å². The normalized spacial score (nSPS) is 18.4. The highest BCUT2D eigenvalue weighted by molar-refractivity contribution is 6.00. The number of benzene rings is 1. The van der Waals surface area contributed by atoms with Crippen LogP contribution in [-0.4, -0.2) is 15.5 Å². The molecule has 0 fully saturated rings. The lowest BCUT2D eigenvalue weighted by atomic mass is 9.68. The van der Waals surface area contributed by atoms with E-state index in [1.807, 2.05) is 30.8 Å². The summed E-state index contributed by atoms with van der Waals surface area (Å²) in [6, 6.07) is 0.180. The summed E-state index contributed by atoms with van der Waals surface area (Å²) in [5.74, 6) is -7.06. The van der Waals surface area contributed by atoms with E-state index in [4.69, 9.17) is 0 Å². The van der Waals surface area contributed by atoms with Crippen LogP contribution in [0, 0.1) is 34.6 Å². The molecule has 0 bridgehead atoms. The number of allylic oxidation sites excluding steroid dienone is 9. The molecule has 1 aliphatic carbocycles. The summed E-state index contributed by atoms with van der Waals surface area (Å²) in [4.78, 5) is 16.2. The monoisotopic (exact) mass is 541 g/mol. The maximum atomic E-state index is 13.8. The fraction of sp³-hybridized carbons (Fsp3) is 0.355. The van der Waals surface area contributed by atoms with Crippen molar-refractivity contribution >= 4 is 11.6 Å². The van der Waals surface area contributed by atoms with Crippen molar-refractivity contribution in [3.8, 4) is 0 Å². The van der Waals surface area contributed by atoms with Gasteiger partial charge in [0.1, 0.15) is 5.69 Å². The minimum atomic E-state index is -1.85. The molecule has 0 aliphatic heterocycles. The van der Waals surface area contributed by atoms with Crippen molar-refractivity contribution < 1.29 is 22.4 Å². The summed E-state index contributed by atoms with van der Waals surface area (Å²) in [5, 5.41) is 1.92. The van der Waals surface area contributed by atoms with E-state index in [-0.39, 0.29) is 11.5 Å². The third kappa shape index (κ3) is 7.91. The van der Waals surface area contributed by atoms with Crippen LogP contribution in [0.15, 0.2) is 83.5 Å². The van der Waals surface area contributed by atoms with Gasteiger partial charge in [0.05, 0.1) is 6.33 Å². The smallest absolute Gasteiger partial charge is 0.248 e. The Labute approximate surface area is 227 Å². The first-order chi connectivity index (χ1) is 18.4. The molecule has 8 heteroatoms. The number of nitrogens with one attached hydrogen (secondary N) is 1. The number of halogens is 4.